The lowest BCUT2D eigenvalue weighted by atomic mass is 10.0. The minimum absolute atomic E-state index is 0.0412. The normalized spacial score (nSPS) is 18.8. The van der Waals surface area contributed by atoms with Gasteiger partial charge in [0.05, 0.1) is 6.61 Å². The van der Waals surface area contributed by atoms with Gasteiger partial charge in [0, 0.05) is 6.61 Å². The number of carbonyl (C=O) groups excluding carboxylic acids is 1. The number of nitrogens with one attached hydrogen (secondary N) is 1. The van der Waals surface area contributed by atoms with Crippen molar-refractivity contribution in [3.05, 3.63) is 35.9 Å². The van der Waals surface area contributed by atoms with Gasteiger partial charge in [-0.3, -0.25) is 9.36 Å². The molecule has 0 aliphatic carbocycles. The van der Waals surface area contributed by atoms with Crippen molar-refractivity contribution in [2.24, 2.45) is 0 Å². The topological polar surface area (TPSA) is 73.9 Å². The van der Waals surface area contributed by atoms with Gasteiger partial charge in [0.15, 0.2) is 5.60 Å². The van der Waals surface area contributed by atoms with E-state index in [0.29, 0.717) is 19.4 Å². The number of unbranched alkanes of at least 4 members (excludes halogenated alkanes) is 8. The largest absolute Gasteiger partial charge is 0.461 e. The number of esters is 1. The molecule has 2 rings (SSSR count). The molecule has 1 N–H and O–H groups in total. The molecule has 1 aliphatic heterocycles. The molecule has 1 aromatic rings. The second-order valence-electron chi connectivity index (χ2n) is 10.5. The molecule has 7 heteroatoms. The van der Waals surface area contributed by atoms with Crippen LogP contribution in [0.3, 0.4) is 0 Å². The second-order valence-corrected chi connectivity index (χ2v) is 11.7. The van der Waals surface area contributed by atoms with Crippen LogP contribution in [0.25, 0.3) is 0 Å². The van der Waals surface area contributed by atoms with Gasteiger partial charge in [-0.15, -0.1) is 6.42 Å². The molecule has 38 heavy (non-hydrogen) atoms. The van der Waals surface area contributed by atoms with Crippen molar-refractivity contribution < 1.29 is 23.4 Å². The number of terminal acetylenes is 1. The monoisotopic (exact) mass is 547 g/mol. The van der Waals surface area contributed by atoms with Gasteiger partial charge in [-0.1, -0.05) is 101 Å². The van der Waals surface area contributed by atoms with E-state index >= 15 is 0 Å². The zero-order valence-electron chi connectivity index (χ0n) is 23.7. The van der Waals surface area contributed by atoms with Gasteiger partial charge >= 0.3 is 5.97 Å². The molecule has 0 saturated carbocycles. The van der Waals surface area contributed by atoms with E-state index < -0.39 is 19.8 Å². The molecule has 3 atom stereocenters. The van der Waals surface area contributed by atoms with Gasteiger partial charge in [-0.25, -0.2) is 5.09 Å². The zero-order chi connectivity index (χ0) is 27.5. The molecule has 6 nitrogen and oxygen atoms in total. The summed E-state index contributed by atoms with van der Waals surface area (Å²) in [5.74, 6) is 2.28. The number of ether oxygens (including phenoxy) is 2. The standard InChI is InChI=1S/C31H50NO5P/c1-4-7-9-11-16-21-28(22-17-12-10-8-5-2)37-30(33)29(25-27-19-14-13-15-20-27)32-38(34)36-26-31(6-3)23-18-24-35-31/h3,13-15,19-20,28-29,38H,4-5,7-12,16-18,21-26H2,1-2H3,(H,32,34)/t29-,31-/m0/s1. The number of hydrogen-bond acceptors (Lipinski definition) is 5. The van der Waals surface area contributed by atoms with Gasteiger partial charge in [-0.05, 0) is 50.5 Å². The summed E-state index contributed by atoms with van der Waals surface area (Å²) in [5, 5.41) is 2.93. The van der Waals surface area contributed by atoms with Crippen molar-refractivity contribution >= 4 is 14.1 Å². The third kappa shape index (κ3) is 12.9. The Morgan fingerprint density at radius 1 is 1.05 bits per heavy atom. The molecule has 0 radical (unpaired) electrons. The van der Waals surface area contributed by atoms with Crippen LogP contribution in [-0.2, 0) is 29.8 Å². The van der Waals surface area contributed by atoms with E-state index in [0.717, 1.165) is 50.5 Å². The van der Waals surface area contributed by atoms with E-state index in [1.54, 1.807) is 0 Å². The number of carbonyl (C=O) groups is 1. The summed E-state index contributed by atoms with van der Waals surface area (Å²) in [6.45, 7) is 5.04. The average molecular weight is 548 g/mol. The molecule has 1 saturated heterocycles. The van der Waals surface area contributed by atoms with Crippen LogP contribution in [0.15, 0.2) is 30.3 Å². The number of rotatable bonds is 21. The maximum absolute atomic E-state index is 13.4. The van der Waals surface area contributed by atoms with Crippen LogP contribution in [0.4, 0.5) is 0 Å². The Morgan fingerprint density at radius 3 is 2.24 bits per heavy atom. The minimum Gasteiger partial charge on any atom is -0.461 e. The first-order valence-corrected chi connectivity index (χ1v) is 16.1. The summed E-state index contributed by atoms with van der Waals surface area (Å²) >= 11 is 0. The highest BCUT2D eigenvalue weighted by Gasteiger charge is 2.34. The van der Waals surface area contributed by atoms with Crippen LogP contribution in [0.2, 0.25) is 0 Å². The predicted octanol–water partition coefficient (Wildman–Crippen LogP) is 7.41. The van der Waals surface area contributed by atoms with Crippen LogP contribution in [0.1, 0.15) is 109 Å². The van der Waals surface area contributed by atoms with Crippen molar-refractivity contribution in [1.82, 2.24) is 5.09 Å². The summed E-state index contributed by atoms with van der Waals surface area (Å²) in [4.78, 5) is 13.4. The lowest BCUT2D eigenvalue weighted by molar-refractivity contribution is -0.152. The molecule has 0 amide bonds. The maximum atomic E-state index is 13.4. The van der Waals surface area contributed by atoms with E-state index in [4.69, 9.17) is 20.4 Å². The van der Waals surface area contributed by atoms with Crippen molar-refractivity contribution in [3.8, 4) is 12.3 Å². The third-order valence-corrected chi connectivity index (χ3v) is 8.19. The number of hydrogen-bond donors (Lipinski definition) is 1. The van der Waals surface area contributed by atoms with E-state index in [2.05, 4.69) is 24.9 Å². The Morgan fingerprint density at radius 2 is 1.68 bits per heavy atom. The first kappa shape index (κ1) is 32.6. The molecule has 1 aromatic carbocycles. The molecule has 0 spiro atoms. The fourth-order valence-corrected chi connectivity index (χ4v) is 5.79. The smallest absolute Gasteiger partial charge is 0.324 e. The van der Waals surface area contributed by atoms with Crippen LogP contribution in [-0.4, -0.2) is 36.9 Å². The lowest BCUT2D eigenvalue weighted by Crippen LogP contribution is -2.39. The molecular weight excluding hydrogens is 497 g/mol. The Kier molecular flexibility index (Phi) is 16.6. The van der Waals surface area contributed by atoms with E-state index in [-0.39, 0.29) is 18.7 Å². The maximum Gasteiger partial charge on any atom is 0.324 e. The highest BCUT2D eigenvalue weighted by atomic mass is 31.1. The third-order valence-electron chi connectivity index (χ3n) is 7.20. The van der Waals surface area contributed by atoms with Gasteiger partial charge in [-0.2, -0.15) is 0 Å². The Hall–Kier alpha value is -1.64. The Labute approximate surface area is 231 Å². The minimum atomic E-state index is -2.75. The molecule has 0 aromatic heterocycles. The number of benzene rings is 1. The van der Waals surface area contributed by atoms with Crippen molar-refractivity contribution in [3.63, 3.8) is 0 Å². The molecule has 0 bridgehead atoms. The van der Waals surface area contributed by atoms with Crippen LogP contribution in [0.5, 0.6) is 0 Å². The van der Waals surface area contributed by atoms with Crippen LogP contribution < -0.4 is 5.09 Å². The molecule has 1 heterocycles. The molecule has 1 aliphatic rings. The van der Waals surface area contributed by atoms with E-state index in [1.165, 1.54) is 38.5 Å². The molecule has 214 valence electrons. The van der Waals surface area contributed by atoms with Gasteiger partial charge < -0.3 is 14.0 Å². The summed E-state index contributed by atoms with van der Waals surface area (Å²) in [5.41, 5.74) is 0.129. The fourth-order valence-electron chi connectivity index (χ4n) is 4.84. The van der Waals surface area contributed by atoms with Gasteiger partial charge in [0.25, 0.3) is 8.18 Å². The average Bonchev–Trinajstić information content (AvgIpc) is 3.41. The van der Waals surface area contributed by atoms with Crippen molar-refractivity contribution in [2.45, 2.75) is 128 Å². The lowest BCUT2D eigenvalue weighted by Gasteiger charge is -2.24. The molecule has 1 fully saturated rings. The predicted molar refractivity (Wildman–Crippen MR) is 155 cm³/mol. The first-order valence-electron chi connectivity index (χ1n) is 14.8. The summed E-state index contributed by atoms with van der Waals surface area (Å²) in [6.07, 6.45) is 20.9. The highest BCUT2D eigenvalue weighted by molar-refractivity contribution is 7.36. The first-order chi connectivity index (χ1) is 18.5. The van der Waals surface area contributed by atoms with Crippen LogP contribution >= 0.6 is 8.18 Å². The molecule has 1 unspecified atom stereocenters. The summed E-state index contributed by atoms with van der Waals surface area (Å²) in [7, 11) is -2.75. The summed E-state index contributed by atoms with van der Waals surface area (Å²) in [6, 6.07) is 8.95. The van der Waals surface area contributed by atoms with Crippen LogP contribution in [0, 0.1) is 12.3 Å². The SMILES string of the molecule is C#C[C@@]1(CO[PH](=O)N[C@@H](Cc2ccccc2)C(=O)OC(CCCCCCC)CCCCCCC)CCCO1. The zero-order valence-corrected chi connectivity index (χ0v) is 24.7. The molecular formula is C31H50NO5P. The van der Waals surface area contributed by atoms with Crippen molar-refractivity contribution in [2.75, 3.05) is 13.2 Å². The van der Waals surface area contributed by atoms with Gasteiger partial charge in [0.2, 0.25) is 0 Å². The highest BCUT2D eigenvalue weighted by Crippen LogP contribution is 2.30. The van der Waals surface area contributed by atoms with Gasteiger partial charge in [0.1, 0.15) is 12.1 Å². The quantitative estimate of drug-likeness (QED) is 0.0748. The summed E-state index contributed by atoms with van der Waals surface area (Å²) < 4.78 is 30.3. The van der Waals surface area contributed by atoms with E-state index in [1.807, 2.05) is 30.3 Å². The van der Waals surface area contributed by atoms with E-state index in [9.17, 15) is 9.36 Å². The Bertz CT molecular complexity index is 820. The fraction of sp³-hybridized carbons (Fsp3) is 0.710. The Balaban J connectivity index is 2.00. The van der Waals surface area contributed by atoms with Crippen molar-refractivity contribution in [1.29, 1.82) is 0 Å². The second kappa shape index (κ2) is 19.4.